The molecule has 0 radical (unpaired) electrons. The molecule has 96 valence electrons. The molecule has 0 amide bonds. The highest BCUT2D eigenvalue weighted by Crippen LogP contribution is 2.25. The third-order valence-corrected chi connectivity index (χ3v) is 4.97. The number of sulfonamides is 1. The fourth-order valence-electron chi connectivity index (χ4n) is 1.91. The summed E-state index contributed by atoms with van der Waals surface area (Å²) in [6.07, 6.45) is 0. The molecule has 1 N–H and O–H groups in total. The Morgan fingerprint density at radius 2 is 2.17 bits per heavy atom. The van der Waals surface area contributed by atoms with Crippen LogP contribution < -0.4 is 0 Å². The zero-order valence-corrected chi connectivity index (χ0v) is 10.8. The monoisotopic (exact) mass is 266 g/mol. The number of hydrogen-bond acceptors (Lipinski definition) is 4. The molecule has 1 aromatic carbocycles. The topological polar surface area (TPSA) is 81.4 Å². The van der Waals surface area contributed by atoms with E-state index in [0.29, 0.717) is 24.2 Å². The van der Waals surface area contributed by atoms with Crippen LogP contribution in [0.2, 0.25) is 0 Å². The van der Waals surface area contributed by atoms with Crippen molar-refractivity contribution in [2.75, 3.05) is 19.7 Å². The summed E-state index contributed by atoms with van der Waals surface area (Å²) in [4.78, 5) is 0.204. The number of benzene rings is 1. The van der Waals surface area contributed by atoms with E-state index in [-0.39, 0.29) is 17.4 Å². The van der Waals surface area contributed by atoms with E-state index in [9.17, 15) is 8.42 Å². The van der Waals surface area contributed by atoms with E-state index < -0.39 is 10.0 Å². The summed E-state index contributed by atoms with van der Waals surface area (Å²) in [6, 6.07) is 6.49. The van der Waals surface area contributed by atoms with Crippen molar-refractivity contribution in [2.24, 2.45) is 5.92 Å². The Bertz CT molecular complexity index is 598. The molecule has 0 saturated carbocycles. The van der Waals surface area contributed by atoms with Crippen molar-refractivity contribution >= 4 is 10.0 Å². The van der Waals surface area contributed by atoms with Crippen LogP contribution in [0.15, 0.2) is 23.1 Å². The van der Waals surface area contributed by atoms with Crippen molar-refractivity contribution in [3.05, 3.63) is 29.3 Å². The van der Waals surface area contributed by atoms with Gasteiger partial charge in [-0.1, -0.05) is 0 Å². The van der Waals surface area contributed by atoms with Crippen LogP contribution in [0.5, 0.6) is 0 Å². The van der Waals surface area contributed by atoms with E-state index in [0.717, 1.165) is 0 Å². The minimum absolute atomic E-state index is 0.0123. The molecule has 0 atom stereocenters. The number of nitriles is 1. The molecule has 1 aliphatic heterocycles. The highest BCUT2D eigenvalue weighted by atomic mass is 32.2. The first kappa shape index (κ1) is 13.0. The van der Waals surface area contributed by atoms with Gasteiger partial charge in [0.1, 0.15) is 0 Å². The van der Waals surface area contributed by atoms with E-state index in [1.54, 1.807) is 6.92 Å². The largest absolute Gasteiger partial charge is 0.396 e. The molecule has 0 bridgehead atoms. The van der Waals surface area contributed by atoms with Crippen molar-refractivity contribution in [3.63, 3.8) is 0 Å². The highest BCUT2D eigenvalue weighted by Gasteiger charge is 2.36. The molecule has 0 aliphatic carbocycles. The minimum Gasteiger partial charge on any atom is -0.396 e. The maximum absolute atomic E-state index is 12.2. The number of rotatable bonds is 3. The van der Waals surface area contributed by atoms with Gasteiger partial charge in [0, 0.05) is 25.6 Å². The fraction of sp³-hybridized carbons (Fsp3) is 0.417. The zero-order valence-electron chi connectivity index (χ0n) is 10.00. The Labute approximate surface area is 106 Å². The summed E-state index contributed by atoms with van der Waals surface area (Å²) in [7, 11) is -3.48. The average Bonchev–Trinajstić information content (AvgIpc) is 2.27. The SMILES string of the molecule is Cc1cc(S(=O)(=O)N2CC(CO)C2)ccc1C#N. The van der Waals surface area contributed by atoms with Gasteiger partial charge < -0.3 is 5.11 Å². The van der Waals surface area contributed by atoms with Gasteiger partial charge in [0.25, 0.3) is 0 Å². The Kier molecular flexibility index (Phi) is 3.39. The number of nitrogens with zero attached hydrogens (tertiary/aromatic N) is 2. The lowest BCUT2D eigenvalue weighted by Gasteiger charge is -2.36. The van der Waals surface area contributed by atoms with Crippen molar-refractivity contribution in [2.45, 2.75) is 11.8 Å². The summed E-state index contributed by atoms with van der Waals surface area (Å²) in [6.45, 7) is 2.44. The first-order valence-corrected chi connectivity index (χ1v) is 7.05. The molecule has 1 heterocycles. The van der Waals surface area contributed by atoms with Gasteiger partial charge >= 0.3 is 0 Å². The molecule has 6 heteroatoms. The predicted molar refractivity (Wildman–Crippen MR) is 65.2 cm³/mol. The van der Waals surface area contributed by atoms with E-state index >= 15 is 0 Å². The molecule has 1 aromatic rings. The van der Waals surface area contributed by atoms with Gasteiger partial charge in [-0.2, -0.15) is 9.57 Å². The second-order valence-corrected chi connectivity index (χ2v) is 6.40. The van der Waals surface area contributed by atoms with E-state index in [1.807, 2.05) is 6.07 Å². The maximum atomic E-state index is 12.2. The van der Waals surface area contributed by atoms with Crippen LogP contribution in [0, 0.1) is 24.2 Å². The summed E-state index contributed by atoms with van der Waals surface area (Å²) < 4.78 is 25.7. The van der Waals surface area contributed by atoms with Crippen molar-refractivity contribution in [1.29, 1.82) is 5.26 Å². The molecule has 1 aliphatic rings. The van der Waals surface area contributed by atoms with Crippen molar-refractivity contribution in [3.8, 4) is 6.07 Å². The maximum Gasteiger partial charge on any atom is 0.243 e. The number of hydrogen-bond donors (Lipinski definition) is 1. The number of aryl methyl sites for hydroxylation is 1. The average molecular weight is 266 g/mol. The Morgan fingerprint density at radius 3 is 2.67 bits per heavy atom. The second kappa shape index (κ2) is 4.69. The predicted octanol–water partition coefficient (Wildman–Crippen LogP) is 0.479. The lowest BCUT2D eigenvalue weighted by atomic mass is 10.1. The minimum atomic E-state index is -3.48. The van der Waals surface area contributed by atoms with Crippen LogP contribution in [0.1, 0.15) is 11.1 Å². The first-order chi connectivity index (χ1) is 8.48. The van der Waals surface area contributed by atoms with Gasteiger partial charge in [-0.3, -0.25) is 0 Å². The molecular formula is C12H14N2O3S. The molecule has 1 fully saturated rings. The molecule has 2 rings (SSSR count). The van der Waals surface area contributed by atoms with Crippen LogP contribution in [-0.4, -0.2) is 37.5 Å². The number of aliphatic hydroxyl groups excluding tert-OH is 1. The summed E-state index contributed by atoms with van der Waals surface area (Å²) in [5.41, 5.74) is 1.13. The quantitative estimate of drug-likeness (QED) is 0.862. The fourth-order valence-corrected chi connectivity index (χ4v) is 3.58. The van der Waals surface area contributed by atoms with Gasteiger partial charge in [0.15, 0.2) is 0 Å². The van der Waals surface area contributed by atoms with Crippen molar-refractivity contribution < 1.29 is 13.5 Å². The summed E-state index contributed by atoms with van der Waals surface area (Å²) >= 11 is 0. The second-order valence-electron chi connectivity index (χ2n) is 4.46. The van der Waals surface area contributed by atoms with Crippen LogP contribution in [0.3, 0.4) is 0 Å². The third kappa shape index (κ3) is 2.12. The van der Waals surface area contributed by atoms with Gasteiger partial charge in [-0.15, -0.1) is 0 Å². The van der Waals surface area contributed by atoms with Gasteiger partial charge in [-0.25, -0.2) is 8.42 Å². The van der Waals surface area contributed by atoms with Gasteiger partial charge in [0.05, 0.1) is 16.5 Å². The third-order valence-electron chi connectivity index (χ3n) is 3.14. The Morgan fingerprint density at radius 1 is 1.50 bits per heavy atom. The molecule has 18 heavy (non-hydrogen) atoms. The normalized spacial score (nSPS) is 17.2. The van der Waals surface area contributed by atoms with E-state index in [1.165, 1.54) is 22.5 Å². The molecule has 0 spiro atoms. The van der Waals surface area contributed by atoms with Gasteiger partial charge in [0.2, 0.25) is 10.0 Å². The van der Waals surface area contributed by atoms with Crippen LogP contribution in [-0.2, 0) is 10.0 Å². The first-order valence-electron chi connectivity index (χ1n) is 5.61. The van der Waals surface area contributed by atoms with Crippen LogP contribution in [0.25, 0.3) is 0 Å². The zero-order chi connectivity index (χ0) is 13.3. The van der Waals surface area contributed by atoms with E-state index in [4.69, 9.17) is 10.4 Å². The van der Waals surface area contributed by atoms with Crippen molar-refractivity contribution in [1.82, 2.24) is 4.31 Å². The lowest BCUT2D eigenvalue weighted by molar-refractivity contribution is 0.117. The lowest BCUT2D eigenvalue weighted by Crippen LogP contribution is -2.51. The standard InChI is InChI=1S/C12H14N2O3S/c1-9-4-12(3-2-11(9)5-13)18(16,17)14-6-10(7-14)8-15/h2-4,10,15H,6-8H2,1H3. The molecule has 0 aromatic heterocycles. The Hall–Kier alpha value is -1.42. The summed E-state index contributed by atoms with van der Waals surface area (Å²) in [5, 5.41) is 17.7. The van der Waals surface area contributed by atoms with Crippen LogP contribution in [0.4, 0.5) is 0 Å². The Balaban J connectivity index is 2.27. The molecular weight excluding hydrogens is 252 g/mol. The summed E-state index contributed by atoms with van der Waals surface area (Å²) in [5.74, 6) is 0.0410. The molecule has 5 nitrogen and oxygen atoms in total. The molecule has 0 unspecified atom stereocenters. The smallest absolute Gasteiger partial charge is 0.243 e. The molecule has 1 saturated heterocycles. The number of aliphatic hydroxyl groups is 1. The van der Waals surface area contributed by atoms with Gasteiger partial charge in [-0.05, 0) is 30.7 Å². The van der Waals surface area contributed by atoms with Crippen LogP contribution >= 0.6 is 0 Å². The highest BCUT2D eigenvalue weighted by molar-refractivity contribution is 7.89. The van der Waals surface area contributed by atoms with E-state index in [2.05, 4.69) is 0 Å².